The van der Waals surface area contributed by atoms with Crippen LogP contribution in [-0.4, -0.2) is 44.8 Å². The Balaban J connectivity index is 1.60. The molecule has 1 saturated heterocycles. The van der Waals surface area contributed by atoms with Gasteiger partial charge in [0.1, 0.15) is 5.69 Å². The molecule has 1 fully saturated rings. The standard InChI is InChI=1S/C22H23N5O2/c23-22(29)17-11-13-26(14-12-17)20(28)15-19-21(16-7-3-1-4-8-16)27(25-24-19)18-9-5-2-6-10-18/h1-10,17H,11-15H2,(H2,23,29). The highest BCUT2D eigenvalue weighted by molar-refractivity contribution is 5.82. The number of primary amides is 1. The lowest BCUT2D eigenvalue weighted by molar-refractivity contribution is -0.134. The summed E-state index contributed by atoms with van der Waals surface area (Å²) in [7, 11) is 0. The predicted octanol–water partition coefficient (Wildman–Crippen LogP) is 2.20. The van der Waals surface area contributed by atoms with E-state index in [1.807, 2.05) is 60.7 Å². The third-order valence-electron chi connectivity index (χ3n) is 5.36. The van der Waals surface area contributed by atoms with Crippen LogP contribution in [0.4, 0.5) is 0 Å². The second kappa shape index (κ2) is 8.26. The summed E-state index contributed by atoms with van der Waals surface area (Å²) in [5.41, 5.74) is 8.69. The second-order valence-electron chi connectivity index (χ2n) is 7.23. The van der Waals surface area contributed by atoms with Gasteiger partial charge in [-0.2, -0.15) is 0 Å². The van der Waals surface area contributed by atoms with Crippen molar-refractivity contribution in [3.8, 4) is 16.9 Å². The van der Waals surface area contributed by atoms with Crippen LogP contribution in [0.1, 0.15) is 18.5 Å². The van der Waals surface area contributed by atoms with E-state index in [0.29, 0.717) is 31.6 Å². The SMILES string of the molecule is NC(=O)C1CCN(C(=O)Cc2nnn(-c3ccccc3)c2-c2ccccc2)CC1. The van der Waals surface area contributed by atoms with E-state index in [2.05, 4.69) is 10.3 Å². The largest absolute Gasteiger partial charge is 0.369 e. The molecule has 7 heteroatoms. The van der Waals surface area contributed by atoms with Gasteiger partial charge in [0.2, 0.25) is 11.8 Å². The third-order valence-corrected chi connectivity index (χ3v) is 5.36. The molecule has 0 saturated carbocycles. The average molecular weight is 389 g/mol. The Morgan fingerprint density at radius 2 is 1.59 bits per heavy atom. The summed E-state index contributed by atoms with van der Waals surface area (Å²) in [5, 5.41) is 8.67. The fourth-order valence-electron chi connectivity index (χ4n) is 3.74. The van der Waals surface area contributed by atoms with Gasteiger partial charge in [0.25, 0.3) is 0 Å². The number of likely N-dealkylation sites (tertiary alicyclic amines) is 1. The highest BCUT2D eigenvalue weighted by atomic mass is 16.2. The normalized spacial score (nSPS) is 14.7. The zero-order valence-electron chi connectivity index (χ0n) is 16.1. The van der Waals surface area contributed by atoms with Gasteiger partial charge >= 0.3 is 0 Å². The molecule has 2 heterocycles. The lowest BCUT2D eigenvalue weighted by Gasteiger charge is -2.30. The van der Waals surface area contributed by atoms with E-state index in [1.54, 1.807) is 9.58 Å². The molecule has 148 valence electrons. The fraction of sp³-hybridized carbons (Fsp3) is 0.273. The van der Waals surface area contributed by atoms with Crippen molar-refractivity contribution in [1.29, 1.82) is 0 Å². The van der Waals surface area contributed by atoms with Crippen LogP contribution in [0.25, 0.3) is 16.9 Å². The van der Waals surface area contributed by atoms with Crippen molar-refractivity contribution in [2.45, 2.75) is 19.3 Å². The summed E-state index contributed by atoms with van der Waals surface area (Å²) in [4.78, 5) is 26.1. The molecule has 0 radical (unpaired) electrons. The van der Waals surface area contributed by atoms with Gasteiger partial charge in [-0.3, -0.25) is 9.59 Å². The van der Waals surface area contributed by atoms with E-state index in [9.17, 15) is 9.59 Å². The molecule has 2 aromatic carbocycles. The lowest BCUT2D eigenvalue weighted by Crippen LogP contribution is -2.42. The topological polar surface area (TPSA) is 94.1 Å². The Morgan fingerprint density at radius 1 is 0.966 bits per heavy atom. The molecular weight excluding hydrogens is 366 g/mol. The first-order chi connectivity index (χ1) is 14.1. The summed E-state index contributed by atoms with van der Waals surface area (Å²) >= 11 is 0. The van der Waals surface area contributed by atoms with E-state index < -0.39 is 0 Å². The number of aromatic nitrogens is 3. The van der Waals surface area contributed by atoms with E-state index in [1.165, 1.54) is 0 Å². The number of nitrogens with zero attached hydrogens (tertiary/aromatic N) is 4. The molecule has 0 aliphatic carbocycles. The lowest BCUT2D eigenvalue weighted by atomic mass is 9.96. The van der Waals surface area contributed by atoms with Crippen molar-refractivity contribution in [3.63, 3.8) is 0 Å². The molecule has 2 amide bonds. The number of carbonyl (C=O) groups is 2. The summed E-state index contributed by atoms with van der Waals surface area (Å²) in [5.74, 6) is -0.433. The number of amides is 2. The van der Waals surface area contributed by atoms with Crippen molar-refractivity contribution < 1.29 is 9.59 Å². The molecule has 0 unspecified atom stereocenters. The van der Waals surface area contributed by atoms with Crippen LogP contribution in [0.2, 0.25) is 0 Å². The molecule has 0 atom stereocenters. The molecule has 7 nitrogen and oxygen atoms in total. The van der Waals surface area contributed by atoms with E-state index in [-0.39, 0.29) is 24.2 Å². The van der Waals surface area contributed by atoms with Crippen LogP contribution >= 0.6 is 0 Å². The number of carbonyl (C=O) groups excluding carboxylic acids is 2. The molecule has 2 N–H and O–H groups in total. The zero-order chi connectivity index (χ0) is 20.2. The highest BCUT2D eigenvalue weighted by Gasteiger charge is 2.27. The molecular formula is C22H23N5O2. The van der Waals surface area contributed by atoms with Gasteiger partial charge in [-0.25, -0.2) is 4.68 Å². The van der Waals surface area contributed by atoms with Gasteiger partial charge in [-0.1, -0.05) is 53.7 Å². The Hall–Kier alpha value is -3.48. The number of hydrogen-bond acceptors (Lipinski definition) is 4. The molecule has 29 heavy (non-hydrogen) atoms. The number of hydrogen-bond donors (Lipinski definition) is 1. The second-order valence-corrected chi connectivity index (χ2v) is 7.23. The number of nitrogens with two attached hydrogens (primary N) is 1. The van der Waals surface area contributed by atoms with Crippen molar-refractivity contribution in [3.05, 3.63) is 66.4 Å². The maximum absolute atomic E-state index is 12.9. The number of rotatable bonds is 5. The summed E-state index contributed by atoms with van der Waals surface area (Å²) in [6, 6.07) is 19.6. The van der Waals surface area contributed by atoms with Crippen molar-refractivity contribution in [2.24, 2.45) is 11.7 Å². The van der Waals surface area contributed by atoms with Crippen molar-refractivity contribution in [2.75, 3.05) is 13.1 Å². The quantitative estimate of drug-likeness (QED) is 0.724. The molecule has 1 aliphatic rings. The van der Waals surface area contributed by atoms with Crippen molar-refractivity contribution >= 4 is 11.8 Å². The van der Waals surface area contributed by atoms with Crippen LogP contribution in [-0.2, 0) is 16.0 Å². The van der Waals surface area contributed by atoms with E-state index >= 15 is 0 Å². The molecule has 0 bridgehead atoms. The van der Waals surface area contributed by atoms with E-state index in [4.69, 9.17) is 5.73 Å². The average Bonchev–Trinajstić information content (AvgIpc) is 3.18. The van der Waals surface area contributed by atoms with Crippen LogP contribution in [0.15, 0.2) is 60.7 Å². The minimum atomic E-state index is -0.283. The maximum atomic E-state index is 12.9. The van der Waals surface area contributed by atoms with Crippen molar-refractivity contribution in [1.82, 2.24) is 19.9 Å². The van der Waals surface area contributed by atoms with Crippen LogP contribution in [0.3, 0.4) is 0 Å². The van der Waals surface area contributed by atoms with Gasteiger partial charge in [0, 0.05) is 24.6 Å². The minimum Gasteiger partial charge on any atom is -0.369 e. The Labute approximate surface area is 169 Å². The van der Waals surface area contributed by atoms with Gasteiger partial charge in [0.05, 0.1) is 17.8 Å². The maximum Gasteiger partial charge on any atom is 0.228 e. The molecule has 3 aromatic rings. The third kappa shape index (κ3) is 4.03. The number of para-hydroxylation sites is 1. The molecule has 1 aliphatic heterocycles. The Bertz CT molecular complexity index is 993. The predicted molar refractivity (Wildman–Crippen MR) is 109 cm³/mol. The summed E-state index contributed by atoms with van der Waals surface area (Å²) in [6.45, 7) is 1.08. The van der Waals surface area contributed by atoms with Crippen LogP contribution in [0, 0.1) is 5.92 Å². The molecule has 0 spiro atoms. The number of benzene rings is 2. The zero-order valence-corrected chi connectivity index (χ0v) is 16.1. The summed E-state index contributed by atoms with van der Waals surface area (Å²) < 4.78 is 1.78. The van der Waals surface area contributed by atoms with Gasteiger partial charge in [-0.05, 0) is 25.0 Å². The van der Waals surface area contributed by atoms with Crippen LogP contribution in [0.5, 0.6) is 0 Å². The Kier molecular flexibility index (Phi) is 5.37. The first-order valence-corrected chi connectivity index (χ1v) is 9.76. The molecule has 4 rings (SSSR count). The van der Waals surface area contributed by atoms with Gasteiger partial charge in [0.15, 0.2) is 0 Å². The fourth-order valence-corrected chi connectivity index (χ4v) is 3.74. The minimum absolute atomic E-state index is 0.00906. The van der Waals surface area contributed by atoms with Gasteiger partial charge < -0.3 is 10.6 Å². The molecule has 1 aromatic heterocycles. The monoisotopic (exact) mass is 389 g/mol. The van der Waals surface area contributed by atoms with E-state index in [0.717, 1.165) is 16.9 Å². The first kappa shape index (κ1) is 18.9. The summed E-state index contributed by atoms with van der Waals surface area (Å²) in [6.07, 6.45) is 1.39. The van der Waals surface area contributed by atoms with Crippen LogP contribution < -0.4 is 5.73 Å². The van der Waals surface area contributed by atoms with Gasteiger partial charge in [-0.15, -0.1) is 5.10 Å². The first-order valence-electron chi connectivity index (χ1n) is 9.76. The highest BCUT2D eigenvalue weighted by Crippen LogP contribution is 2.26. The smallest absolute Gasteiger partial charge is 0.228 e. The number of piperidine rings is 1. The Morgan fingerprint density at radius 3 is 2.21 bits per heavy atom.